The summed E-state index contributed by atoms with van der Waals surface area (Å²) >= 11 is 0. The lowest BCUT2D eigenvalue weighted by Crippen LogP contribution is -2.30. The van der Waals surface area contributed by atoms with Gasteiger partial charge in [0.05, 0.1) is 12.2 Å². The molecule has 0 bridgehead atoms. The Morgan fingerprint density at radius 2 is 2.29 bits per heavy atom. The average Bonchev–Trinajstić information content (AvgIpc) is 3.01. The van der Waals surface area contributed by atoms with Crippen LogP contribution in [0.25, 0.3) is 0 Å². The fourth-order valence-electron chi connectivity index (χ4n) is 2.65. The van der Waals surface area contributed by atoms with Gasteiger partial charge < -0.3 is 10.1 Å². The maximum absolute atomic E-state index is 13.7. The van der Waals surface area contributed by atoms with Crippen LogP contribution in [0.3, 0.4) is 0 Å². The van der Waals surface area contributed by atoms with Crippen molar-refractivity contribution in [2.75, 3.05) is 11.9 Å². The zero-order valence-electron chi connectivity index (χ0n) is 13.5. The number of anilines is 1. The van der Waals surface area contributed by atoms with Gasteiger partial charge in [-0.1, -0.05) is 30.6 Å². The summed E-state index contributed by atoms with van der Waals surface area (Å²) in [6.45, 7) is 4.11. The van der Waals surface area contributed by atoms with Gasteiger partial charge in [0.1, 0.15) is 11.9 Å². The van der Waals surface area contributed by atoms with Crippen molar-refractivity contribution in [2.24, 2.45) is 0 Å². The average molecular weight is 331 g/mol. The van der Waals surface area contributed by atoms with Crippen molar-refractivity contribution in [1.82, 2.24) is 20.2 Å². The van der Waals surface area contributed by atoms with E-state index >= 15 is 0 Å². The van der Waals surface area contributed by atoms with E-state index in [1.165, 1.54) is 16.8 Å². The molecule has 7 nitrogen and oxygen atoms in total. The number of fused-ring (bicyclic) bond motifs is 1. The largest absolute Gasteiger partial charge is 0.462 e. The third-order valence-electron chi connectivity index (χ3n) is 3.83. The molecule has 1 aromatic heterocycles. The molecule has 8 heteroatoms. The molecule has 1 aliphatic rings. The zero-order valence-corrected chi connectivity index (χ0v) is 13.5. The Morgan fingerprint density at radius 3 is 3.04 bits per heavy atom. The van der Waals surface area contributed by atoms with Crippen LogP contribution in [-0.2, 0) is 9.53 Å². The summed E-state index contributed by atoms with van der Waals surface area (Å²) in [5.74, 6) is -0.451. The molecule has 0 fully saturated rings. The van der Waals surface area contributed by atoms with Crippen molar-refractivity contribution < 1.29 is 13.9 Å². The Morgan fingerprint density at radius 1 is 1.46 bits per heavy atom. The van der Waals surface area contributed by atoms with E-state index in [0.29, 0.717) is 29.4 Å². The van der Waals surface area contributed by atoms with Crippen LogP contribution in [0.2, 0.25) is 0 Å². The molecule has 0 spiro atoms. The minimum Gasteiger partial charge on any atom is -0.462 e. The Balaban J connectivity index is 2.02. The summed E-state index contributed by atoms with van der Waals surface area (Å²) in [6.07, 6.45) is 1.71. The van der Waals surface area contributed by atoms with Crippen LogP contribution in [0.15, 0.2) is 35.5 Å². The summed E-state index contributed by atoms with van der Waals surface area (Å²) in [6, 6.07) is 5.40. The number of unbranched alkanes of at least 4 members (excludes halogenated alkanes) is 1. The Hall–Kier alpha value is -2.77. The van der Waals surface area contributed by atoms with Gasteiger partial charge in [0.15, 0.2) is 0 Å². The fourth-order valence-corrected chi connectivity index (χ4v) is 2.65. The smallest absolute Gasteiger partial charge is 0.338 e. The number of nitrogens with zero attached hydrogens (tertiary/aromatic N) is 4. The first-order valence-electron chi connectivity index (χ1n) is 7.80. The molecule has 0 unspecified atom stereocenters. The van der Waals surface area contributed by atoms with E-state index in [0.717, 1.165) is 12.8 Å². The summed E-state index contributed by atoms with van der Waals surface area (Å²) < 4.78 is 20.5. The quantitative estimate of drug-likeness (QED) is 0.669. The number of esters is 1. The summed E-state index contributed by atoms with van der Waals surface area (Å²) in [5.41, 5.74) is 1.54. The molecular weight excluding hydrogens is 313 g/mol. The second kappa shape index (κ2) is 6.77. The van der Waals surface area contributed by atoms with Gasteiger partial charge in [-0.25, -0.2) is 9.18 Å². The van der Waals surface area contributed by atoms with E-state index in [9.17, 15) is 9.18 Å². The number of nitrogens with one attached hydrogen (secondary N) is 1. The number of aromatic nitrogens is 4. The van der Waals surface area contributed by atoms with Gasteiger partial charge in [-0.2, -0.15) is 4.68 Å². The zero-order chi connectivity index (χ0) is 17.1. The van der Waals surface area contributed by atoms with Crippen LogP contribution < -0.4 is 5.32 Å². The standard InChI is InChI=1S/C16H18FN5O2/c1-3-4-8-24-15(23)13-10(2)18-16-19-20-21-22(16)14(13)11-6-5-7-12(17)9-11/h5-7,9,14H,3-4,8H2,1-2H3,(H,18,19,21)/t14-/m0/s1. The molecule has 1 N–H and O–H groups in total. The maximum Gasteiger partial charge on any atom is 0.338 e. The van der Waals surface area contributed by atoms with Crippen LogP contribution in [0.5, 0.6) is 0 Å². The first-order valence-corrected chi connectivity index (χ1v) is 7.80. The van der Waals surface area contributed by atoms with Crippen molar-refractivity contribution in [3.05, 3.63) is 46.9 Å². The second-order valence-electron chi connectivity index (χ2n) is 5.56. The summed E-state index contributed by atoms with van der Waals surface area (Å²) in [7, 11) is 0. The fraction of sp³-hybridized carbons (Fsp3) is 0.375. The number of allylic oxidation sites excluding steroid dienone is 1. The molecule has 1 aliphatic heterocycles. The Bertz CT molecular complexity index is 786. The van der Waals surface area contributed by atoms with Crippen LogP contribution in [0.1, 0.15) is 38.3 Å². The minimum atomic E-state index is -0.638. The van der Waals surface area contributed by atoms with Crippen LogP contribution in [-0.4, -0.2) is 32.8 Å². The topological polar surface area (TPSA) is 81.9 Å². The highest BCUT2D eigenvalue weighted by molar-refractivity contribution is 5.92. The molecule has 0 aliphatic carbocycles. The molecule has 3 rings (SSSR count). The van der Waals surface area contributed by atoms with Gasteiger partial charge in [-0.3, -0.25) is 0 Å². The molecule has 24 heavy (non-hydrogen) atoms. The second-order valence-corrected chi connectivity index (χ2v) is 5.56. The van der Waals surface area contributed by atoms with E-state index in [4.69, 9.17) is 4.74 Å². The minimum absolute atomic E-state index is 0.338. The number of rotatable bonds is 5. The van der Waals surface area contributed by atoms with Gasteiger partial charge in [0.2, 0.25) is 5.95 Å². The summed E-state index contributed by atoms with van der Waals surface area (Å²) in [5, 5.41) is 14.4. The lowest BCUT2D eigenvalue weighted by molar-refractivity contribution is -0.139. The number of ether oxygens (including phenoxy) is 1. The number of halogens is 1. The number of hydrogen-bond donors (Lipinski definition) is 1. The van der Waals surface area contributed by atoms with E-state index < -0.39 is 17.8 Å². The van der Waals surface area contributed by atoms with Crippen molar-refractivity contribution in [3.63, 3.8) is 0 Å². The SMILES string of the molecule is CCCCOC(=O)C1=C(C)Nc2nnnn2[C@H]1c1cccc(F)c1. The van der Waals surface area contributed by atoms with E-state index in [1.807, 2.05) is 6.92 Å². The van der Waals surface area contributed by atoms with E-state index in [1.54, 1.807) is 19.1 Å². The number of carbonyl (C=O) groups is 1. The van der Waals surface area contributed by atoms with Crippen LogP contribution in [0.4, 0.5) is 10.3 Å². The summed E-state index contributed by atoms with van der Waals surface area (Å²) in [4.78, 5) is 12.6. The highest BCUT2D eigenvalue weighted by Gasteiger charge is 2.35. The lowest BCUT2D eigenvalue weighted by Gasteiger charge is -2.27. The van der Waals surface area contributed by atoms with Crippen molar-refractivity contribution in [3.8, 4) is 0 Å². The number of benzene rings is 1. The Labute approximate surface area is 138 Å². The first-order chi connectivity index (χ1) is 11.6. The van der Waals surface area contributed by atoms with Crippen molar-refractivity contribution in [1.29, 1.82) is 0 Å². The van der Waals surface area contributed by atoms with Crippen LogP contribution in [0, 0.1) is 5.82 Å². The van der Waals surface area contributed by atoms with Gasteiger partial charge in [0.25, 0.3) is 0 Å². The monoisotopic (exact) mass is 331 g/mol. The van der Waals surface area contributed by atoms with Gasteiger partial charge >= 0.3 is 5.97 Å². The molecule has 0 saturated carbocycles. The highest BCUT2D eigenvalue weighted by atomic mass is 19.1. The van der Waals surface area contributed by atoms with Gasteiger partial charge in [-0.05, 0) is 41.5 Å². The normalized spacial score (nSPS) is 16.5. The molecule has 2 heterocycles. The molecule has 0 saturated heterocycles. The third-order valence-corrected chi connectivity index (χ3v) is 3.83. The number of carbonyl (C=O) groups excluding carboxylic acids is 1. The molecule has 2 aromatic rings. The molecule has 126 valence electrons. The Kier molecular flexibility index (Phi) is 4.54. The van der Waals surface area contributed by atoms with Gasteiger partial charge in [0, 0.05) is 5.70 Å². The van der Waals surface area contributed by atoms with Crippen molar-refractivity contribution >= 4 is 11.9 Å². The van der Waals surface area contributed by atoms with E-state index in [2.05, 4.69) is 20.8 Å². The lowest BCUT2D eigenvalue weighted by atomic mass is 9.96. The molecule has 0 radical (unpaired) electrons. The maximum atomic E-state index is 13.7. The molecule has 1 atom stereocenters. The molecular formula is C16H18FN5O2. The highest BCUT2D eigenvalue weighted by Crippen LogP contribution is 2.34. The predicted molar refractivity (Wildman–Crippen MR) is 84.5 cm³/mol. The number of hydrogen-bond acceptors (Lipinski definition) is 6. The number of tetrazole rings is 1. The molecule has 1 aromatic carbocycles. The van der Waals surface area contributed by atoms with Gasteiger partial charge in [-0.15, -0.1) is 0 Å². The van der Waals surface area contributed by atoms with Crippen molar-refractivity contribution in [2.45, 2.75) is 32.7 Å². The first kappa shape index (κ1) is 16.1. The molecule has 0 amide bonds. The third kappa shape index (κ3) is 2.99. The predicted octanol–water partition coefficient (Wildman–Crippen LogP) is 2.44. The van der Waals surface area contributed by atoms with Crippen LogP contribution >= 0.6 is 0 Å². The van der Waals surface area contributed by atoms with E-state index in [-0.39, 0.29) is 0 Å².